The summed E-state index contributed by atoms with van der Waals surface area (Å²) in [7, 11) is 0. The first-order valence-corrected chi connectivity index (χ1v) is 4.90. The second-order valence-corrected chi connectivity index (χ2v) is 4.15. The molecule has 0 saturated carbocycles. The molecular weight excluding hydrogens is 308 g/mol. The fraction of sp³-hybridized carbons (Fsp3) is 0. The van der Waals surface area contributed by atoms with Gasteiger partial charge in [0.1, 0.15) is 0 Å². The van der Waals surface area contributed by atoms with Gasteiger partial charge in [-0.15, -0.1) is 0 Å². The van der Waals surface area contributed by atoms with E-state index >= 15 is 0 Å². The van der Waals surface area contributed by atoms with Crippen molar-refractivity contribution in [2.24, 2.45) is 0 Å². The summed E-state index contributed by atoms with van der Waals surface area (Å²) < 4.78 is 0. The molecule has 0 N–H and O–H groups in total. The van der Waals surface area contributed by atoms with Gasteiger partial charge in [-0.25, -0.2) is 0 Å². The topological polar surface area (TPSA) is 0 Å². The normalized spacial score (nSPS) is 9.69. The Hall–Kier alpha value is 1.96. The summed E-state index contributed by atoms with van der Waals surface area (Å²) >= 11 is 34.0. The Morgan fingerprint density at radius 2 is 0.538 bits per heavy atom. The van der Waals surface area contributed by atoms with Crippen LogP contribution in [-0.4, -0.2) is 0 Å². The van der Waals surface area contributed by atoms with E-state index in [1.54, 1.807) is 0 Å². The Kier molecular flexibility index (Phi) is 6.77. The van der Waals surface area contributed by atoms with Gasteiger partial charge in [-0.2, -0.15) is 0 Å². The SMILES string of the molecule is Clc1c(Cl)c(Cl)c(Cl)c(Cl)c1Cl.[H-].[Na+]. The van der Waals surface area contributed by atoms with Crippen molar-refractivity contribution in [1.29, 1.82) is 0 Å². The molecule has 1 rings (SSSR count). The minimum absolute atomic E-state index is 0. The predicted molar refractivity (Wildman–Crippen MR) is 57.6 cm³/mol. The van der Waals surface area contributed by atoms with Gasteiger partial charge in [-0.3, -0.25) is 0 Å². The van der Waals surface area contributed by atoms with Crippen LogP contribution in [0.1, 0.15) is 1.43 Å². The minimum Gasteiger partial charge on any atom is -1.00 e. The summed E-state index contributed by atoms with van der Waals surface area (Å²) in [4.78, 5) is 0. The molecule has 7 heteroatoms. The first-order valence-electron chi connectivity index (χ1n) is 2.63. The molecule has 1 aromatic rings. The van der Waals surface area contributed by atoms with Gasteiger partial charge in [-0.1, -0.05) is 69.6 Å². The maximum absolute atomic E-state index is 5.67. The maximum atomic E-state index is 5.67. The van der Waals surface area contributed by atoms with E-state index in [2.05, 4.69) is 0 Å². The number of hydrogen-bond donors (Lipinski definition) is 0. The number of rotatable bonds is 0. The molecule has 0 bridgehead atoms. The van der Waals surface area contributed by atoms with Crippen molar-refractivity contribution in [1.82, 2.24) is 0 Å². The zero-order valence-corrected chi connectivity index (χ0v) is 12.8. The van der Waals surface area contributed by atoms with Crippen molar-refractivity contribution in [2.45, 2.75) is 0 Å². The monoisotopic (exact) mass is 306 g/mol. The van der Waals surface area contributed by atoms with E-state index in [1.165, 1.54) is 0 Å². The molecular formula is C6HCl6Na. The molecule has 0 heterocycles. The van der Waals surface area contributed by atoms with Crippen molar-refractivity contribution in [3.05, 3.63) is 30.1 Å². The summed E-state index contributed by atoms with van der Waals surface area (Å²) in [5.41, 5.74) is 0. The molecule has 0 radical (unpaired) electrons. The summed E-state index contributed by atoms with van der Waals surface area (Å²) in [5, 5.41) is 0.654. The smallest absolute Gasteiger partial charge is 1.00 e. The summed E-state index contributed by atoms with van der Waals surface area (Å²) in [6.45, 7) is 0. The maximum Gasteiger partial charge on any atom is 1.00 e. The summed E-state index contributed by atoms with van der Waals surface area (Å²) in [5.74, 6) is 0. The molecule has 0 saturated heterocycles. The van der Waals surface area contributed by atoms with Crippen LogP contribution in [0.4, 0.5) is 0 Å². The van der Waals surface area contributed by atoms with Crippen molar-refractivity contribution in [3.63, 3.8) is 0 Å². The molecule has 0 aliphatic carbocycles. The Labute approximate surface area is 129 Å². The minimum atomic E-state index is 0. The van der Waals surface area contributed by atoms with E-state index in [-0.39, 0.29) is 61.1 Å². The fourth-order valence-electron chi connectivity index (χ4n) is 0.578. The molecule has 0 aliphatic rings. The van der Waals surface area contributed by atoms with Crippen LogP contribution in [-0.2, 0) is 0 Å². The van der Waals surface area contributed by atoms with Crippen LogP contribution in [0.3, 0.4) is 0 Å². The molecule has 0 nitrogen and oxygen atoms in total. The quantitative estimate of drug-likeness (QED) is 0.393. The van der Waals surface area contributed by atoms with Gasteiger partial charge in [0.05, 0.1) is 30.1 Å². The van der Waals surface area contributed by atoms with Crippen LogP contribution < -0.4 is 29.6 Å². The van der Waals surface area contributed by atoms with Crippen LogP contribution in [0.15, 0.2) is 0 Å². The van der Waals surface area contributed by atoms with Crippen molar-refractivity contribution in [2.75, 3.05) is 0 Å². The van der Waals surface area contributed by atoms with E-state index < -0.39 is 0 Å². The third-order valence-electron chi connectivity index (χ3n) is 1.16. The second kappa shape index (κ2) is 5.89. The van der Waals surface area contributed by atoms with Crippen molar-refractivity contribution in [3.8, 4) is 0 Å². The molecule has 0 amide bonds. The van der Waals surface area contributed by atoms with E-state index in [9.17, 15) is 0 Å². The van der Waals surface area contributed by atoms with Gasteiger partial charge < -0.3 is 1.43 Å². The molecule has 0 fully saturated rings. The molecule has 13 heavy (non-hydrogen) atoms. The summed E-state index contributed by atoms with van der Waals surface area (Å²) in [6.07, 6.45) is 0. The van der Waals surface area contributed by atoms with Gasteiger partial charge in [0.15, 0.2) is 0 Å². The Morgan fingerprint density at radius 1 is 0.462 bits per heavy atom. The average Bonchev–Trinajstić information content (AvgIpc) is 2.08. The van der Waals surface area contributed by atoms with Gasteiger partial charge >= 0.3 is 29.6 Å². The van der Waals surface area contributed by atoms with Gasteiger partial charge in [0, 0.05) is 0 Å². The predicted octanol–water partition coefficient (Wildman–Crippen LogP) is 2.72. The van der Waals surface area contributed by atoms with E-state index in [0.29, 0.717) is 0 Å². The van der Waals surface area contributed by atoms with Crippen LogP contribution in [0.2, 0.25) is 30.1 Å². The Bertz CT molecular complexity index is 237. The number of halogens is 6. The largest absolute Gasteiger partial charge is 1.00 e. The molecule has 0 spiro atoms. The van der Waals surface area contributed by atoms with E-state index in [4.69, 9.17) is 69.6 Å². The molecule has 0 aliphatic heterocycles. The zero-order valence-electron chi connectivity index (χ0n) is 7.27. The fourth-order valence-corrected chi connectivity index (χ4v) is 2.00. The average molecular weight is 309 g/mol. The molecule has 0 atom stereocenters. The number of benzene rings is 1. The van der Waals surface area contributed by atoms with Crippen LogP contribution >= 0.6 is 69.6 Å². The molecule has 0 unspecified atom stereocenters. The van der Waals surface area contributed by atoms with Crippen molar-refractivity contribution < 1.29 is 31.0 Å². The first kappa shape index (κ1) is 15.0. The number of hydrogen-bond acceptors (Lipinski definition) is 0. The molecule has 1 aromatic carbocycles. The van der Waals surface area contributed by atoms with Crippen LogP contribution in [0, 0.1) is 0 Å². The second-order valence-electron chi connectivity index (χ2n) is 1.88. The molecule has 0 aromatic heterocycles. The van der Waals surface area contributed by atoms with Gasteiger partial charge in [0.2, 0.25) is 0 Å². The standard InChI is InChI=1S/C6Cl6.Na.H/c7-1-2(8)4(10)6(12)5(11)3(1)9;;/q;+1;-1. The van der Waals surface area contributed by atoms with Gasteiger partial charge in [-0.05, 0) is 0 Å². The zero-order chi connectivity index (χ0) is 9.46. The Balaban J connectivity index is 0. The van der Waals surface area contributed by atoms with Gasteiger partial charge in [0.25, 0.3) is 0 Å². The third kappa shape index (κ3) is 2.96. The van der Waals surface area contributed by atoms with E-state index in [0.717, 1.165) is 0 Å². The third-order valence-corrected chi connectivity index (χ3v) is 4.00. The van der Waals surface area contributed by atoms with E-state index in [1.807, 2.05) is 0 Å². The molecule has 68 valence electrons. The Morgan fingerprint density at radius 3 is 0.615 bits per heavy atom. The van der Waals surface area contributed by atoms with Crippen LogP contribution in [0.25, 0.3) is 0 Å². The first-order chi connectivity index (χ1) is 5.46. The van der Waals surface area contributed by atoms with Crippen LogP contribution in [0.5, 0.6) is 0 Å². The summed E-state index contributed by atoms with van der Waals surface area (Å²) in [6, 6.07) is 0. The van der Waals surface area contributed by atoms with Crippen molar-refractivity contribution >= 4 is 69.6 Å².